The molecule has 0 aromatic carbocycles. The van der Waals surface area contributed by atoms with E-state index in [9.17, 15) is 0 Å². The van der Waals surface area contributed by atoms with Gasteiger partial charge in [0.25, 0.3) is 0 Å². The zero-order chi connectivity index (χ0) is 10.5. The minimum atomic E-state index is -1.38. The van der Waals surface area contributed by atoms with Crippen LogP contribution in [-0.2, 0) is 4.43 Å². The molecular formula is C11H24OSi. The molecule has 0 aromatic rings. The molecule has 0 saturated heterocycles. The van der Waals surface area contributed by atoms with E-state index in [1.807, 2.05) is 6.08 Å². The highest BCUT2D eigenvalue weighted by Crippen LogP contribution is 2.22. The van der Waals surface area contributed by atoms with Crippen LogP contribution in [0.15, 0.2) is 12.7 Å². The molecule has 0 aliphatic heterocycles. The molecule has 0 aliphatic rings. The zero-order valence-electron chi connectivity index (χ0n) is 9.81. The number of hydrogen-bond acceptors (Lipinski definition) is 1. The Hall–Kier alpha value is -0.0831. The second kappa shape index (κ2) is 4.96. The first-order valence-electron chi connectivity index (χ1n) is 5.08. The quantitative estimate of drug-likeness (QED) is 0.358. The first-order valence-corrected chi connectivity index (χ1v) is 8.49. The van der Waals surface area contributed by atoms with Crippen molar-refractivity contribution in [3.8, 4) is 0 Å². The Kier molecular flexibility index (Phi) is 4.93. The van der Waals surface area contributed by atoms with Gasteiger partial charge in [-0.2, -0.15) is 0 Å². The third-order valence-electron chi connectivity index (χ3n) is 1.77. The van der Waals surface area contributed by atoms with Crippen molar-refractivity contribution in [3.05, 3.63) is 12.7 Å². The molecule has 0 heterocycles. The lowest BCUT2D eigenvalue weighted by Gasteiger charge is -2.33. The summed E-state index contributed by atoms with van der Waals surface area (Å²) in [7, 11) is -1.38. The maximum Gasteiger partial charge on any atom is 0.184 e. The smallest absolute Gasteiger partial charge is 0.184 e. The van der Waals surface area contributed by atoms with E-state index in [0.717, 1.165) is 12.8 Å². The highest BCUT2D eigenvalue weighted by Gasteiger charge is 2.26. The molecule has 0 aliphatic carbocycles. The van der Waals surface area contributed by atoms with Gasteiger partial charge in [-0.25, -0.2) is 0 Å². The molecule has 0 aromatic heterocycles. The summed E-state index contributed by atoms with van der Waals surface area (Å²) >= 11 is 0. The average molecular weight is 200 g/mol. The molecule has 78 valence electrons. The molecule has 0 fully saturated rings. The first kappa shape index (κ1) is 12.9. The molecule has 2 heteroatoms. The van der Waals surface area contributed by atoms with Crippen LogP contribution in [0.1, 0.15) is 33.1 Å². The van der Waals surface area contributed by atoms with E-state index in [0.29, 0.717) is 0 Å². The predicted molar refractivity (Wildman–Crippen MR) is 62.6 cm³/mol. The fraction of sp³-hybridized carbons (Fsp3) is 0.818. The monoisotopic (exact) mass is 200 g/mol. The first-order chi connectivity index (χ1) is 5.77. The van der Waals surface area contributed by atoms with Crippen LogP contribution in [-0.4, -0.2) is 13.9 Å². The van der Waals surface area contributed by atoms with Crippen LogP contribution in [0.3, 0.4) is 0 Å². The van der Waals surface area contributed by atoms with E-state index in [4.69, 9.17) is 4.43 Å². The Morgan fingerprint density at radius 1 is 1.31 bits per heavy atom. The van der Waals surface area contributed by atoms with Crippen molar-refractivity contribution in [2.75, 3.05) is 0 Å². The molecule has 0 saturated carbocycles. The summed E-state index contributed by atoms with van der Waals surface area (Å²) in [5.41, 5.74) is 0.0491. The fourth-order valence-corrected chi connectivity index (χ4v) is 3.31. The molecule has 1 nitrogen and oxygen atoms in total. The van der Waals surface area contributed by atoms with E-state index >= 15 is 0 Å². The molecule has 0 amide bonds. The molecular weight excluding hydrogens is 176 g/mol. The number of rotatable bonds is 6. The van der Waals surface area contributed by atoms with Crippen molar-refractivity contribution >= 4 is 8.32 Å². The van der Waals surface area contributed by atoms with Gasteiger partial charge >= 0.3 is 0 Å². The maximum absolute atomic E-state index is 6.08. The standard InChI is InChI=1S/C11H24OSi/c1-7-8-9-10-11(2,3)12-13(4,5)6/h7H,1,8-10H2,2-6H3. The Morgan fingerprint density at radius 2 is 1.85 bits per heavy atom. The van der Waals surface area contributed by atoms with Gasteiger partial charge in [-0.15, -0.1) is 6.58 Å². The van der Waals surface area contributed by atoms with Crippen LogP contribution in [0.2, 0.25) is 19.6 Å². The Morgan fingerprint density at radius 3 is 2.23 bits per heavy atom. The highest BCUT2D eigenvalue weighted by molar-refractivity contribution is 6.69. The van der Waals surface area contributed by atoms with E-state index in [1.165, 1.54) is 6.42 Å². The third kappa shape index (κ3) is 8.25. The van der Waals surface area contributed by atoms with Gasteiger partial charge in [0.05, 0.1) is 5.60 Å². The minimum Gasteiger partial charge on any atom is -0.413 e. The Labute approximate surface area is 84.3 Å². The average Bonchev–Trinajstić information content (AvgIpc) is 1.81. The van der Waals surface area contributed by atoms with Crippen LogP contribution < -0.4 is 0 Å². The predicted octanol–water partition coefficient (Wildman–Crippen LogP) is 3.97. The van der Waals surface area contributed by atoms with Crippen molar-refractivity contribution in [2.45, 2.75) is 58.4 Å². The minimum absolute atomic E-state index is 0.0491. The van der Waals surface area contributed by atoms with Crippen molar-refractivity contribution < 1.29 is 4.43 Å². The van der Waals surface area contributed by atoms with E-state index in [-0.39, 0.29) is 5.60 Å². The van der Waals surface area contributed by atoms with Crippen LogP contribution in [0, 0.1) is 0 Å². The molecule has 0 radical (unpaired) electrons. The summed E-state index contributed by atoms with van der Waals surface area (Å²) in [6, 6.07) is 0. The van der Waals surface area contributed by atoms with Gasteiger partial charge in [0, 0.05) is 0 Å². The van der Waals surface area contributed by atoms with Crippen LogP contribution in [0.4, 0.5) is 0 Å². The molecule has 13 heavy (non-hydrogen) atoms. The second-order valence-electron chi connectivity index (χ2n) is 5.16. The lowest BCUT2D eigenvalue weighted by molar-refractivity contribution is 0.0892. The summed E-state index contributed by atoms with van der Waals surface area (Å²) < 4.78 is 6.08. The van der Waals surface area contributed by atoms with E-state index < -0.39 is 8.32 Å². The molecule has 0 rings (SSSR count). The van der Waals surface area contributed by atoms with Gasteiger partial charge in [-0.3, -0.25) is 0 Å². The van der Waals surface area contributed by atoms with Gasteiger partial charge in [0.2, 0.25) is 0 Å². The van der Waals surface area contributed by atoms with Crippen molar-refractivity contribution in [2.24, 2.45) is 0 Å². The Balaban J connectivity index is 3.86. The van der Waals surface area contributed by atoms with Crippen molar-refractivity contribution in [1.82, 2.24) is 0 Å². The second-order valence-corrected chi connectivity index (χ2v) is 9.58. The zero-order valence-corrected chi connectivity index (χ0v) is 10.8. The van der Waals surface area contributed by atoms with E-state index in [2.05, 4.69) is 40.1 Å². The summed E-state index contributed by atoms with van der Waals surface area (Å²) in [5.74, 6) is 0. The summed E-state index contributed by atoms with van der Waals surface area (Å²) in [6.07, 6.45) is 5.38. The highest BCUT2D eigenvalue weighted by atomic mass is 28.4. The van der Waals surface area contributed by atoms with Gasteiger partial charge in [0.1, 0.15) is 0 Å². The lowest BCUT2D eigenvalue weighted by atomic mass is 10.0. The third-order valence-corrected chi connectivity index (χ3v) is 2.93. The van der Waals surface area contributed by atoms with Gasteiger partial charge in [0.15, 0.2) is 8.32 Å². The van der Waals surface area contributed by atoms with Crippen molar-refractivity contribution in [3.63, 3.8) is 0 Å². The van der Waals surface area contributed by atoms with Crippen LogP contribution >= 0.6 is 0 Å². The number of allylic oxidation sites excluding steroid dienone is 1. The number of hydrogen-bond donors (Lipinski definition) is 0. The summed E-state index contributed by atoms with van der Waals surface area (Å²) in [5, 5.41) is 0. The molecule has 0 bridgehead atoms. The topological polar surface area (TPSA) is 9.23 Å². The Bertz CT molecular complexity index is 156. The van der Waals surface area contributed by atoms with Gasteiger partial charge < -0.3 is 4.43 Å². The largest absolute Gasteiger partial charge is 0.413 e. The lowest BCUT2D eigenvalue weighted by Crippen LogP contribution is -2.38. The van der Waals surface area contributed by atoms with Crippen molar-refractivity contribution in [1.29, 1.82) is 0 Å². The SMILES string of the molecule is C=CCCCC(C)(C)O[Si](C)(C)C. The maximum atomic E-state index is 6.08. The fourth-order valence-electron chi connectivity index (χ4n) is 1.55. The van der Waals surface area contributed by atoms with Crippen LogP contribution in [0.25, 0.3) is 0 Å². The number of unbranched alkanes of at least 4 members (excludes halogenated alkanes) is 1. The van der Waals surface area contributed by atoms with Crippen LogP contribution in [0.5, 0.6) is 0 Å². The molecule has 0 spiro atoms. The van der Waals surface area contributed by atoms with Gasteiger partial charge in [-0.05, 0) is 52.8 Å². The molecule has 0 atom stereocenters. The normalized spacial score (nSPS) is 13.0. The molecule has 0 unspecified atom stereocenters. The van der Waals surface area contributed by atoms with Gasteiger partial charge in [-0.1, -0.05) is 6.08 Å². The van der Waals surface area contributed by atoms with E-state index in [1.54, 1.807) is 0 Å². The summed E-state index contributed by atoms with van der Waals surface area (Å²) in [4.78, 5) is 0. The molecule has 0 N–H and O–H groups in total. The summed E-state index contributed by atoms with van der Waals surface area (Å²) in [6.45, 7) is 14.8.